The first-order chi connectivity index (χ1) is 12.5. The second kappa shape index (κ2) is 7.45. The van der Waals surface area contributed by atoms with Gasteiger partial charge in [-0.3, -0.25) is 4.79 Å². The van der Waals surface area contributed by atoms with Gasteiger partial charge in [0.25, 0.3) is 0 Å². The van der Waals surface area contributed by atoms with Crippen molar-refractivity contribution in [1.29, 1.82) is 0 Å². The Morgan fingerprint density at radius 1 is 1.12 bits per heavy atom. The van der Waals surface area contributed by atoms with Crippen LogP contribution < -0.4 is 20.5 Å². The van der Waals surface area contributed by atoms with Crippen molar-refractivity contribution < 1.29 is 14.3 Å². The molecule has 0 fully saturated rings. The molecule has 0 aliphatic carbocycles. The maximum Gasteiger partial charge on any atom is 0.204 e. The van der Waals surface area contributed by atoms with Gasteiger partial charge in [0.15, 0.2) is 16.6 Å². The normalized spacial score (nSPS) is 10.4. The van der Waals surface area contributed by atoms with E-state index in [1.54, 1.807) is 31.5 Å². The second-order valence-corrected chi connectivity index (χ2v) is 6.66. The highest BCUT2D eigenvalue weighted by Gasteiger charge is 2.16. The van der Waals surface area contributed by atoms with Gasteiger partial charge in [0.05, 0.1) is 25.3 Å². The number of rotatable bonds is 6. The molecule has 3 aromatic rings. The lowest BCUT2D eigenvalue weighted by molar-refractivity contribution is 0.104. The van der Waals surface area contributed by atoms with E-state index in [0.717, 1.165) is 11.3 Å². The number of nitrogens with zero attached hydrogens (tertiary/aromatic N) is 1. The van der Waals surface area contributed by atoms with E-state index in [1.165, 1.54) is 18.4 Å². The monoisotopic (exact) mass is 369 g/mol. The molecule has 1 aromatic heterocycles. The number of hydrogen-bond donors (Lipinski definition) is 2. The Morgan fingerprint density at radius 3 is 2.58 bits per heavy atom. The quantitative estimate of drug-likeness (QED) is 0.504. The van der Waals surface area contributed by atoms with E-state index in [0.29, 0.717) is 32.8 Å². The van der Waals surface area contributed by atoms with Gasteiger partial charge in [-0.2, -0.15) is 0 Å². The Bertz CT molecular complexity index is 953. The van der Waals surface area contributed by atoms with Gasteiger partial charge in [-0.15, -0.1) is 0 Å². The number of benzene rings is 2. The van der Waals surface area contributed by atoms with Crippen LogP contribution in [0.1, 0.15) is 20.8 Å². The molecule has 0 radical (unpaired) electrons. The summed E-state index contributed by atoms with van der Waals surface area (Å²) in [6.45, 7) is 1.96. The van der Waals surface area contributed by atoms with Gasteiger partial charge < -0.3 is 20.5 Å². The summed E-state index contributed by atoms with van der Waals surface area (Å²) in [4.78, 5) is 17.6. The van der Waals surface area contributed by atoms with Crippen LogP contribution in [0.2, 0.25) is 0 Å². The van der Waals surface area contributed by atoms with Crippen LogP contribution in [-0.4, -0.2) is 25.0 Å². The number of aryl methyl sites for hydroxylation is 1. The Labute approximate surface area is 155 Å². The van der Waals surface area contributed by atoms with Crippen LogP contribution in [0.5, 0.6) is 11.5 Å². The maximum absolute atomic E-state index is 12.7. The molecule has 0 unspecified atom stereocenters. The molecule has 3 rings (SSSR count). The van der Waals surface area contributed by atoms with Crippen molar-refractivity contribution >= 4 is 33.6 Å². The van der Waals surface area contributed by atoms with E-state index in [1.807, 2.05) is 25.1 Å². The number of nitrogens with two attached hydrogens (primary N) is 1. The Kier molecular flexibility index (Phi) is 5.09. The van der Waals surface area contributed by atoms with Gasteiger partial charge >= 0.3 is 0 Å². The summed E-state index contributed by atoms with van der Waals surface area (Å²) in [5.74, 6) is 0.971. The number of thiazole rings is 1. The molecular weight excluding hydrogens is 350 g/mol. The van der Waals surface area contributed by atoms with Crippen LogP contribution in [-0.2, 0) is 0 Å². The standard InChI is InChI=1S/C19H19N3O3S/c1-11-8-13(20)5-6-14(11)22-19-21-10-17(26-19)18(23)12-4-7-15(24-2)16(9-12)25-3/h4-10H,20H2,1-3H3,(H,21,22). The molecule has 0 amide bonds. The van der Waals surface area contributed by atoms with E-state index in [2.05, 4.69) is 10.3 Å². The molecule has 0 saturated carbocycles. The number of hydrogen-bond acceptors (Lipinski definition) is 7. The van der Waals surface area contributed by atoms with Crippen molar-refractivity contribution in [2.24, 2.45) is 0 Å². The van der Waals surface area contributed by atoms with E-state index in [9.17, 15) is 4.79 Å². The second-order valence-electron chi connectivity index (χ2n) is 5.63. The number of carbonyl (C=O) groups is 1. The average Bonchev–Trinajstić information content (AvgIpc) is 3.11. The largest absolute Gasteiger partial charge is 0.493 e. The fourth-order valence-electron chi connectivity index (χ4n) is 2.50. The number of ketones is 1. The molecule has 0 aliphatic rings. The molecule has 7 heteroatoms. The lowest BCUT2D eigenvalue weighted by Gasteiger charge is -2.08. The van der Waals surface area contributed by atoms with Crippen molar-refractivity contribution in [3.05, 3.63) is 58.6 Å². The SMILES string of the molecule is COc1ccc(C(=O)c2cnc(Nc3ccc(N)cc3C)s2)cc1OC. The summed E-state index contributed by atoms with van der Waals surface area (Å²) < 4.78 is 10.5. The summed E-state index contributed by atoms with van der Waals surface area (Å²) >= 11 is 1.29. The number of carbonyl (C=O) groups excluding carboxylic acids is 1. The zero-order chi connectivity index (χ0) is 18.7. The molecule has 2 aromatic carbocycles. The van der Waals surface area contributed by atoms with E-state index in [-0.39, 0.29) is 5.78 Å². The number of nitrogen functional groups attached to an aromatic ring is 1. The van der Waals surface area contributed by atoms with Crippen molar-refractivity contribution in [3.63, 3.8) is 0 Å². The Morgan fingerprint density at radius 2 is 1.88 bits per heavy atom. The van der Waals surface area contributed by atoms with Gasteiger partial charge in [0, 0.05) is 16.9 Å². The first-order valence-electron chi connectivity index (χ1n) is 7.87. The van der Waals surface area contributed by atoms with Crippen molar-refractivity contribution in [2.75, 3.05) is 25.3 Å². The molecular formula is C19H19N3O3S. The fourth-order valence-corrected chi connectivity index (χ4v) is 3.29. The molecule has 0 saturated heterocycles. The molecule has 26 heavy (non-hydrogen) atoms. The van der Waals surface area contributed by atoms with Crippen molar-refractivity contribution in [3.8, 4) is 11.5 Å². The maximum atomic E-state index is 12.7. The third-order valence-electron chi connectivity index (χ3n) is 3.87. The summed E-state index contributed by atoms with van der Waals surface area (Å²) in [5.41, 5.74) is 8.90. The molecule has 134 valence electrons. The highest BCUT2D eigenvalue weighted by molar-refractivity contribution is 7.17. The Hall–Kier alpha value is -3.06. The van der Waals surface area contributed by atoms with Gasteiger partial charge in [-0.25, -0.2) is 4.98 Å². The number of ether oxygens (including phenoxy) is 2. The molecule has 0 atom stereocenters. The van der Waals surface area contributed by atoms with Crippen molar-refractivity contribution in [2.45, 2.75) is 6.92 Å². The van der Waals surface area contributed by atoms with Gasteiger partial charge in [-0.1, -0.05) is 11.3 Å². The van der Waals surface area contributed by atoms with Crippen LogP contribution in [0.4, 0.5) is 16.5 Å². The highest BCUT2D eigenvalue weighted by Crippen LogP contribution is 2.31. The first-order valence-corrected chi connectivity index (χ1v) is 8.69. The summed E-state index contributed by atoms with van der Waals surface area (Å²) in [6, 6.07) is 10.7. The molecule has 6 nitrogen and oxygen atoms in total. The molecule has 0 bridgehead atoms. The predicted octanol–water partition coefficient (Wildman–Crippen LogP) is 4.03. The summed E-state index contributed by atoms with van der Waals surface area (Å²) in [7, 11) is 3.09. The number of anilines is 3. The molecule has 0 spiro atoms. The summed E-state index contributed by atoms with van der Waals surface area (Å²) in [5, 5.41) is 3.86. The van der Waals surface area contributed by atoms with E-state index in [4.69, 9.17) is 15.2 Å². The van der Waals surface area contributed by atoms with Gasteiger partial charge in [-0.05, 0) is 48.9 Å². The zero-order valence-corrected chi connectivity index (χ0v) is 15.5. The summed E-state index contributed by atoms with van der Waals surface area (Å²) in [6.07, 6.45) is 1.57. The van der Waals surface area contributed by atoms with Gasteiger partial charge in [0.2, 0.25) is 5.78 Å². The third kappa shape index (κ3) is 3.62. The predicted molar refractivity (Wildman–Crippen MR) is 104 cm³/mol. The minimum Gasteiger partial charge on any atom is -0.493 e. The minimum atomic E-state index is -0.120. The zero-order valence-electron chi connectivity index (χ0n) is 14.7. The lowest BCUT2D eigenvalue weighted by Crippen LogP contribution is -2.00. The molecule has 3 N–H and O–H groups in total. The van der Waals surface area contributed by atoms with E-state index < -0.39 is 0 Å². The lowest BCUT2D eigenvalue weighted by atomic mass is 10.1. The topological polar surface area (TPSA) is 86.5 Å². The molecule has 1 heterocycles. The van der Waals surface area contributed by atoms with Crippen LogP contribution in [0.3, 0.4) is 0 Å². The number of aromatic nitrogens is 1. The van der Waals surface area contributed by atoms with Crippen LogP contribution in [0.15, 0.2) is 42.6 Å². The Balaban J connectivity index is 1.82. The van der Waals surface area contributed by atoms with Crippen LogP contribution in [0.25, 0.3) is 0 Å². The third-order valence-corrected chi connectivity index (χ3v) is 4.78. The van der Waals surface area contributed by atoms with E-state index >= 15 is 0 Å². The van der Waals surface area contributed by atoms with Gasteiger partial charge in [0.1, 0.15) is 0 Å². The fraction of sp³-hybridized carbons (Fsp3) is 0.158. The number of nitrogens with one attached hydrogen (secondary N) is 1. The average molecular weight is 369 g/mol. The minimum absolute atomic E-state index is 0.120. The van der Waals surface area contributed by atoms with Crippen molar-refractivity contribution in [1.82, 2.24) is 4.98 Å². The van der Waals surface area contributed by atoms with Crippen LogP contribution in [0, 0.1) is 6.92 Å². The first kappa shape index (κ1) is 17.8. The van der Waals surface area contributed by atoms with Crippen LogP contribution >= 0.6 is 11.3 Å². The molecule has 0 aliphatic heterocycles. The highest BCUT2D eigenvalue weighted by atomic mass is 32.1. The smallest absolute Gasteiger partial charge is 0.204 e. The number of methoxy groups -OCH3 is 2.